The van der Waals surface area contributed by atoms with Crippen molar-refractivity contribution in [2.45, 2.75) is 69.2 Å². The first-order valence-corrected chi connectivity index (χ1v) is 11.6. The van der Waals surface area contributed by atoms with Crippen molar-refractivity contribution in [1.29, 1.82) is 0 Å². The van der Waals surface area contributed by atoms with E-state index >= 15 is 0 Å². The molecule has 0 bridgehead atoms. The molecule has 0 radical (unpaired) electrons. The Morgan fingerprint density at radius 2 is 0.783 bits per heavy atom. The third-order valence-corrected chi connectivity index (χ3v) is 15.4. The van der Waals surface area contributed by atoms with Gasteiger partial charge in [-0.05, 0) is 0 Å². The first-order chi connectivity index (χ1) is 9.44. The van der Waals surface area contributed by atoms with Gasteiger partial charge >= 0.3 is 143 Å². The maximum atomic E-state index is 2.44. The van der Waals surface area contributed by atoms with Gasteiger partial charge in [0.1, 0.15) is 0 Å². The monoisotopic (exact) mass is 610 g/mol. The Morgan fingerprint density at radius 3 is 0.957 bits per heavy atom. The van der Waals surface area contributed by atoms with Crippen molar-refractivity contribution in [2.24, 2.45) is 10.8 Å². The fraction of sp³-hybridized carbons (Fsp3) is 0.600. The molecular formula is C20H32Br2Hf. The van der Waals surface area contributed by atoms with E-state index in [-0.39, 0.29) is 34.0 Å². The van der Waals surface area contributed by atoms with E-state index in [9.17, 15) is 0 Å². The fourth-order valence-corrected chi connectivity index (χ4v) is 11.0. The van der Waals surface area contributed by atoms with E-state index in [0.29, 0.717) is 10.8 Å². The molecule has 3 heteroatoms. The minimum absolute atomic E-state index is 0. The summed E-state index contributed by atoms with van der Waals surface area (Å²) in [6, 6.07) is 0. The predicted molar refractivity (Wildman–Crippen MR) is 110 cm³/mol. The topological polar surface area (TPSA) is 0 Å². The van der Waals surface area contributed by atoms with E-state index in [1.54, 1.807) is 33.4 Å². The Labute approximate surface area is 175 Å². The number of hydrogen-bond donors (Lipinski definition) is 0. The molecule has 0 aromatic carbocycles. The van der Waals surface area contributed by atoms with Gasteiger partial charge in [-0.25, -0.2) is 0 Å². The van der Waals surface area contributed by atoms with Crippen LogP contribution >= 0.6 is 34.0 Å². The average molecular weight is 611 g/mol. The molecule has 0 heterocycles. The molecule has 0 aromatic heterocycles. The second-order valence-corrected chi connectivity index (χ2v) is 12.4. The van der Waals surface area contributed by atoms with Crippen LogP contribution in [0, 0.1) is 10.8 Å². The fourth-order valence-electron chi connectivity index (χ4n) is 3.81. The number of allylic oxidation sites excluding steroid dienone is 8. The Kier molecular flexibility index (Phi) is 7.84. The molecule has 2 aliphatic carbocycles. The second-order valence-electron chi connectivity index (χ2n) is 7.88. The molecule has 0 saturated heterocycles. The molecule has 2 aliphatic rings. The van der Waals surface area contributed by atoms with E-state index in [1.807, 2.05) is 6.66 Å². The summed E-state index contributed by atoms with van der Waals surface area (Å²) in [4.78, 5) is 0. The summed E-state index contributed by atoms with van der Waals surface area (Å²) in [5.74, 6) is 0. The van der Waals surface area contributed by atoms with Crippen LogP contribution in [0.4, 0.5) is 0 Å². The molecule has 0 saturated carbocycles. The summed E-state index contributed by atoms with van der Waals surface area (Å²) in [5, 5.41) is 0. The zero-order valence-corrected chi connectivity index (χ0v) is 23.3. The Bertz CT molecular complexity index is 585. The molecule has 0 amide bonds. The third-order valence-electron chi connectivity index (χ3n) is 6.38. The third kappa shape index (κ3) is 3.53. The van der Waals surface area contributed by atoms with Gasteiger partial charge in [-0.3, -0.25) is 0 Å². The van der Waals surface area contributed by atoms with Gasteiger partial charge in [0.25, 0.3) is 0 Å². The van der Waals surface area contributed by atoms with Gasteiger partial charge in [0.05, 0.1) is 0 Å². The van der Waals surface area contributed by atoms with E-state index in [4.69, 9.17) is 0 Å². The van der Waals surface area contributed by atoms with Crippen LogP contribution in [0.25, 0.3) is 0 Å². The summed E-state index contributed by atoms with van der Waals surface area (Å²) in [6.07, 6.45) is 0. The average Bonchev–Trinajstić information content (AvgIpc) is 2.63. The molecule has 0 aromatic rings. The molecule has 0 fully saturated rings. The Hall–Kier alpha value is 0.790. The normalized spacial score (nSPS) is 22.5. The van der Waals surface area contributed by atoms with Gasteiger partial charge in [0.15, 0.2) is 0 Å². The maximum absolute atomic E-state index is 2.44. The van der Waals surface area contributed by atoms with Gasteiger partial charge < -0.3 is 0 Å². The molecular weight excluding hydrogens is 579 g/mol. The van der Waals surface area contributed by atoms with Crippen molar-refractivity contribution in [3.63, 3.8) is 0 Å². The van der Waals surface area contributed by atoms with Crippen molar-refractivity contribution < 1.29 is 22.9 Å². The van der Waals surface area contributed by atoms with Gasteiger partial charge in [0.2, 0.25) is 0 Å². The molecule has 130 valence electrons. The predicted octanol–water partition coefficient (Wildman–Crippen LogP) is 7.53. The number of hydrogen-bond acceptors (Lipinski definition) is 0. The van der Waals surface area contributed by atoms with E-state index in [2.05, 4.69) is 69.2 Å². The molecule has 0 spiro atoms. The molecule has 23 heavy (non-hydrogen) atoms. The minimum atomic E-state index is -0.997. The molecule has 2 rings (SSSR count). The summed E-state index contributed by atoms with van der Waals surface area (Å²) >= 11 is -0.997. The molecule has 0 unspecified atom stereocenters. The summed E-state index contributed by atoms with van der Waals surface area (Å²) < 4.78 is 3.64. The molecule has 0 N–H and O–H groups in total. The SMILES string of the molecule is Br.Br.CC1=C(C)C(C)(C)[C]([Hf][C]2=C(C)C(C)=C(C)C2(C)C)=C1C. The van der Waals surface area contributed by atoms with Gasteiger partial charge in [0, 0.05) is 0 Å². The quantitative estimate of drug-likeness (QED) is 0.284. The van der Waals surface area contributed by atoms with Crippen molar-refractivity contribution >= 4 is 34.0 Å². The van der Waals surface area contributed by atoms with Gasteiger partial charge in [-0.15, -0.1) is 34.0 Å². The van der Waals surface area contributed by atoms with Crippen molar-refractivity contribution in [2.75, 3.05) is 0 Å². The number of halogens is 2. The van der Waals surface area contributed by atoms with Crippen LogP contribution in [0.5, 0.6) is 0 Å². The van der Waals surface area contributed by atoms with Gasteiger partial charge in [-0.2, -0.15) is 0 Å². The van der Waals surface area contributed by atoms with Gasteiger partial charge in [-0.1, -0.05) is 0 Å². The molecule has 0 atom stereocenters. The summed E-state index contributed by atoms with van der Waals surface area (Å²) in [6.45, 7) is 23.8. The summed E-state index contributed by atoms with van der Waals surface area (Å²) in [7, 11) is 0. The Balaban J connectivity index is 0.00000242. The van der Waals surface area contributed by atoms with Crippen molar-refractivity contribution in [3.8, 4) is 0 Å². The van der Waals surface area contributed by atoms with Crippen LogP contribution in [0.3, 0.4) is 0 Å². The van der Waals surface area contributed by atoms with Crippen molar-refractivity contribution in [1.82, 2.24) is 0 Å². The Morgan fingerprint density at radius 1 is 0.522 bits per heavy atom. The van der Waals surface area contributed by atoms with E-state index < -0.39 is 22.9 Å². The zero-order valence-electron chi connectivity index (χ0n) is 16.3. The first-order valence-electron chi connectivity index (χ1n) is 8.00. The van der Waals surface area contributed by atoms with Crippen LogP contribution in [0.1, 0.15) is 69.2 Å². The standard InChI is InChI=1S/2C10H15.2BrH.Hf/c2*1-7-6-10(4,5)9(3)8(7)2;;;/h2*1-5H3;2*1H;. The molecule has 0 aliphatic heterocycles. The van der Waals surface area contributed by atoms with Crippen molar-refractivity contribution in [3.05, 3.63) is 40.1 Å². The van der Waals surface area contributed by atoms with Crippen LogP contribution in [0.15, 0.2) is 40.1 Å². The van der Waals surface area contributed by atoms with E-state index in [0.717, 1.165) is 0 Å². The first kappa shape index (κ1) is 23.8. The second kappa shape index (κ2) is 7.58. The van der Waals surface area contributed by atoms with Crippen LogP contribution < -0.4 is 0 Å². The summed E-state index contributed by atoms with van der Waals surface area (Å²) in [5.41, 5.74) is 10.1. The van der Waals surface area contributed by atoms with Crippen LogP contribution in [0.2, 0.25) is 0 Å². The van der Waals surface area contributed by atoms with Crippen LogP contribution in [-0.2, 0) is 22.9 Å². The molecule has 0 nitrogen and oxygen atoms in total. The van der Waals surface area contributed by atoms with Crippen LogP contribution in [-0.4, -0.2) is 0 Å². The van der Waals surface area contributed by atoms with E-state index in [1.165, 1.54) is 0 Å². The zero-order chi connectivity index (χ0) is 16.3. The number of rotatable bonds is 2.